The van der Waals surface area contributed by atoms with Crippen LogP contribution < -0.4 is 10.1 Å². The highest BCUT2D eigenvalue weighted by molar-refractivity contribution is 7.89. The van der Waals surface area contributed by atoms with Gasteiger partial charge in [0, 0.05) is 38.4 Å². The molecular formula is C18H20F3N3O4S. The zero-order valence-electron chi connectivity index (χ0n) is 15.6. The van der Waals surface area contributed by atoms with E-state index in [2.05, 4.69) is 10.1 Å². The molecule has 1 saturated heterocycles. The minimum atomic E-state index is -4.85. The number of nitrogens with one attached hydrogen (secondary N) is 1. The average molecular weight is 431 g/mol. The quantitative estimate of drug-likeness (QED) is 0.763. The maximum absolute atomic E-state index is 12.6. The predicted molar refractivity (Wildman–Crippen MR) is 97.7 cm³/mol. The highest BCUT2D eigenvalue weighted by atomic mass is 32.2. The van der Waals surface area contributed by atoms with Crippen LogP contribution >= 0.6 is 0 Å². The van der Waals surface area contributed by atoms with Gasteiger partial charge < -0.3 is 14.6 Å². The van der Waals surface area contributed by atoms with E-state index >= 15 is 0 Å². The van der Waals surface area contributed by atoms with Gasteiger partial charge in [0.25, 0.3) is 5.91 Å². The van der Waals surface area contributed by atoms with Crippen molar-refractivity contribution in [2.75, 3.05) is 13.1 Å². The number of rotatable bonds is 6. The molecule has 0 radical (unpaired) electrons. The fourth-order valence-electron chi connectivity index (χ4n) is 3.12. The summed E-state index contributed by atoms with van der Waals surface area (Å²) in [6.07, 6.45) is -1.92. The van der Waals surface area contributed by atoms with Crippen LogP contribution in [-0.4, -0.2) is 42.6 Å². The van der Waals surface area contributed by atoms with Crippen molar-refractivity contribution >= 4 is 15.9 Å². The van der Waals surface area contributed by atoms with Crippen LogP contribution in [0, 0.1) is 0 Å². The van der Waals surface area contributed by atoms with Crippen molar-refractivity contribution in [1.29, 1.82) is 0 Å². The number of hydrogen-bond acceptors (Lipinski definition) is 4. The molecule has 2 aromatic rings. The third kappa shape index (κ3) is 4.91. The molecule has 1 aromatic heterocycles. The van der Waals surface area contributed by atoms with Crippen molar-refractivity contribution in [2.24, 2.45) is 7.05 Å². The summed E-state index contributed by atoms with van der Waals surface area (Å²) in [5.74, 6) is -1.03. The Morgan fingerprint density at radius 2 is 1.86 bits per heavy atom. The van der Waals surface area contributed by atoms with Crippen molar-refractivity contribution in [2.45, 2.75) is 30.6 Å². The fraction of sp³-hybridized carbons (Fsp3) is 0.389. The Labute approximate surface area is 166 Å². The topological polar surface area (TPSA) is 80.6 Å². The minimum Gasteiger partial charge on any atom is -0.405 e. The minimum absolute atomic E-state index is 0.00727. The van der Waals surface area contributed by atoms with E-state index in [1.165, 1.54) is 46.4 Å². The van der Waals surface area contributed by atoms with Crippen molar-refractivity contribution in [3.05, 3.63) is 47.8 Å². The highest BCUT2D eigenvalue weighted by Gasteiger charge is 2.32. The standard InChI is InChI=1S/C18H20F3N3O4S/c1-23-12-14(29(26,27)24-8-4-5-9-24)10-15(23)17(25)22-11-13-6-2-3-7-16(13)28-18(19,20)21/h2-3,6-7,10,12H,4-5,8-9,11H2,1H3,(H,22,25). The van der Waals surface area contributed by atoms with Gasteiger partial charge in [0.05, 0.1) is 0 Å². The molecule has 0 saturated carbocycles. The Bertz CT molecular complexity index is 996. The van der Waals surface area contributed by atoms with Crippen LogP contribution in [0.2, 0.25) is 0 Å². The van der Waals surface area contributed by atoms with Crippen LogP contribution in [0.3, 0.4) is 0 Å². The molecule has 1 fully saturated rings. The lowest BCUT2D eigenvalue weighted by molar-refractivity contribution is -0.274. The summed E-state index contributed by atoms with van der Waals surface area (Å²) < 4.78 is 69.5. The van der Waals surface area contributed by atoms with Gasteiger partial charge in [-0.25, -0.2) is 8.42 Å². The van der Waals surface area contributed by atoms with E-state index in [1.54, 1.807) is 0 Å². The second-order valence-electron chi connectivity index (χ2n) is 6.62. The number of aromatic nitrogens is 1. The van der Waals surface area contributed by atoms with E-state index in [0.29, 0.717) is 13.1 Å². The maximum Gasteiger partial charge on any atom is 0.573 e. The van der Waals surface area contributed by atoms with E-state index in [1.807, 2.05) is 0 Å². The molecule has 0 spiro atoms. The summed E-state index contributed by atoms with van der Waals surface area (Å²) in [5.41, 5.74) is 0.217. The summed E-state index contributed by atoms with van der Waals surface area (Å²) in [5, 5.41) is 2.50. The molecule has 1 amide bonds. The van der Waals surface area contributed by atoms with E-state index in [-0.39, 0.29) is 22.7 Å². The molecule has 2 heterocycles. The van der Waals surface area contributed by atoms with Gasteiger partial charge in [-0.2, -0.15) is 4.31 Å². The van der Waals surface area contributed by atoms with E-state index < -0.39 is 28.0 Å². The molecule has 158 valence electrons. The maximum atomic E-state index is 12.6. The number of nitrogens with zero attached hydrogens (tertiary/aromatic N) is 2. The van der Waals surface area contributed by atoms with E-state index in [9.17, 15) is 26.4 Å². The lowest BCUT2D eigenvalue weighted by atomic mass is 10.2. The van der Waals surface area contributed by atoms with Crippen molar-refractivity contribution in [3.8, 4) is 5.75 Å². The average Bonchev–Trinajstić information content (AvgIpc) is 3.30. The number of alkyl halides is 3. The Morgan fingerprint density at radius 1 is 1.21 bits per heavy atom. The van der Waals surface area contributed by atoms with Gasteiger partial charge in [0.2, 0.25) is 10.0 Å². The molecule has 11 heteroatoms. The number of hydrogen-bond donors (Lipinski definition) is 1. The molecule has 7 nitrogen and oxygen atoms in total. The van der Waals surface area contributed by atoms with Crippen molar-refractivity contribution in [1.82, 2.24) is 14.2 Å². The van der Waals surface area contributed by atoms with Crippen LogP contribution in [0.25, 0.3) is 0 Å². The number of para-hydroxylation sites is 1. The largest absolute Gasteiger partial charge is 0.573 e. The lowest BCUT2D eigenvalue weighted by Gasteiger charge is -2.14. The molecular weight excluding hydrogens is 411 g/mol. The summed E-state index contributed by atoms with van der Waals surface area (Å²) in [6, 6.07) is 6.72. The first-order chi connectivity index (χ1) is 13.6. The second-order valence-corrected chi connectivity index (χ2v) is 8.56. The smallest absolute Gasteiger partial charge is 0.405 e. The molecule has 0 unspecified atom stereocenters. The Balaban J connectivity index is 1.74. The van der Waals surface area contributed by atoms with Gasteiger partial charge in [-0.3, -0.25) is 4.79 Å². The summed E-state index contributed by atoms with van der Waals surface area (Å²) in [4.78, 5) is 12.5. The molecule has 0 bridgehead atoms. The third-order valence-corrected chi connectivity index (χ3v) is 6.42. The molecule has 1 aliphatic heterocycles. The zero-order valence-corrected chi connectivity index (χ0v) is 16.4. The number of aryl methyl sites for hydroxylation is 1. The Hall–Kier alpha value is -2.53. The molecule has 1 aliphatic rings. The lowest BCUT2D eigenvalue weighted by Crippen LogP contribution is -2.27. The van der Waals surface area contributed by atoms with Crippen LogP contribution in [0.15, 0.2) is 41.4 Å². The number of benzene rings is 1. The Morgan fingerprint density at radius 3 is 2.52 bits per heavy atom. The van der Waals surface area contributed by atoms with Gasteiger partial charge >= 0.3 is 6.36 Å². The number of sulfonamides is 1. The molecule has 1 N–H and O–H groups in total. The monoisotopic (exact) mass is 431 g/mol. The van der Waals surface area contributed by atoms with Gasteiger partial charge in [-0.05, 0) is 25.0 Å². The second kappa shape index (κ2) is 8.07. The predicted octanol–water partition coefficient (Wildman–Crippen LogP) is 2.64. The normalized spacial score (nSPS) is 15.4. The van der Waals surface area contributed by atoms with E-state index in [4.69, 9.17) is 0 Å². The summed E-state index contributed by atoms with van der Waals surface area (Å²) in [6.45, 7) is 0.661. The molecule has 0 aliphatic carbocycles. The van der Waals surface area contributed by atoms with Crippen LogP contribution in [0.5, 0.6) is 5.75 Å². The third-order valence-electron chi connectivity index (χ3n) is 4.55. The zero-order chi connectivity index (χ0) is 21.2. The van der Waals surface area contributed by atoms with E-state index in [0.717, 1.165) is 18.9 Å². The van der Waals surface area contributed by atoms with Crippen LogP contribution in [0.4, 0.5) is 13.2 Å². The van der Waals surface area contributed by atoms with Gasteiger partial charge in [0.15, 0.2) is 0 Å². The molecule has 0 atom stereocenters. The first-order valence-electron chi connectivity index (χ1n) is 8.86. The fourth-order valence-corrected chi connectivity index (χ4v) is 4.71. The number of halogens is 3. The summed E-state index contributed by atoms with van der Waals surface area (Å²) >= 11 is 0. The molecule has 1 aromatic carbocycles. The Kier molecular flexibility index (Phi) is 5.90. The van der Waals surface area contributed by atoms with Gasteiger partial charge in [0.1, 0.15) is 16.3 Å². The van der Waals surface area contributed by atoms with Crippen LogP contribution in [0.1, 0.15) is 28.9 Å². The SMILES string of the molecule is Cn1cc(S(=O)(=O)N2CCCC2)cc1C(=O)NCc1ccccc1OC(F)(F)F. The highest BCUT2D eigenvalue weighted by Crippen LogP contribution is 2.26. The van der Waals surface area contributed by atoms with Gasteiger partial charge in [-0.15, -0.1) is 13.2 Å². The number of ether oxygens (including phenoxy) is 1. The number of carbonyl (C=O) groups excluding carboxylic acids is 1. The molecule has 3 rings (SSSR count). The van der Waals surface area contributed by atoms with Gasteiger partial charge in [-0.1, -0.05) is 18.2 Å². The summed E-state index contributed by atoms with van der Waals surface area (Å²) in [7, 11) is -2.15. The van der Waals surface area contributed by atoms with Crippen molar-refractivity contribution in [3.63, 3.8) is 0 Å². The van der Waals surface area contributed by atoms with Crippen LogP contribution in [-0.2, 0) is 23.6 Å². The molecule has 29 heavy (non-hydrogen) atoms. The first-order valence-corrected chi connectivity index (χ1v) is 10.3. The number of carbonyl (C=O) groups is 1. The first kappa shape index (κ1) is 21.2. The number of amides is 1. The van der Waals surface area contributed by atoms with Crippen molar-refractivity contribution < 1.29 is 31.1 Å².